The van der Waals surface area contributed by atoms with Crippen LogP contribution in [0.2, 0.25) is 0 Å². The number of aromatic nitrogens is 5. The Morgan fingerprint density at radius 2 is 2.06 bits per heavy atom. The standard InChI is InChI=1S/C22H19N9O3/c1-3-33-17-6-4-5-16(11-17)19-18(26-30-31(19)21-20(24)28-34-29-21)22(32)27-25-13(2)15-9-7-14(12-23)8-10-15/h4-11H,3H2,1-2H3,(H2,24,28)(H,27,32)/b25-13-. The average Bonchev–Trinajstić information content (AvgIpc) is 3.48. The number of nitrogens with two attached hydrogens (primary N) is 1. The summed E-state index contributed by atoms with van der Waals surface area (Å²) in [6, 6.07) is 15.9. The molecule has 0 spiro atoms. The minimum atomic E-state index is -0.605. The van der Waals surface area contributed by atoms with E-state index >= 15 is 0 Å². The van der Waals surface area contributed by atoms with Crippen LogP contribution in [0.1, 0.15) is 35.5 Å². The molecule has 4 aromatic rings. The number of hydrogen-bond acceptors (Lipinski definition) is 10. The van der Waals surface area contributed by atoms with Crippen LogP contribution in [-0.4, -0.2) is 43.5 Å². The molecule has 0 fully saturated rings. The van der Waals surface area contributed by atoms with Gasteiger partial charge in [0.15, 0.2) is 5.69 Å². The Morgan fingerprint density at radius 1 is 1.26 bits per heavy atom. The van der Waals surface area contributed by atoms with E-state index in [1.54, 1.807) is 55.5 Å². The summed E-state index contributed by atoms with van der Waals surface area (Å²) in [5, 5.41) is 28.5. The van der Waals surface area contributed by atoms with Gasteiger partial charge in [0.1, 0.15) is 11.4 Å². The fraction of sp³-hybridized carbons (Fsp3) is 0.136. The second kappa shape index (κ2) is 9.61. The third-order valence-electron chi connectivity index (χ3n) is 4.76. The van der Waals surface area contributed by atoms with Gasteiger partial charge < -0.3 is 10.5 Å². The number of hydrazone groups is 1. The van der Waals surface area contributed by atoms with Crippen LogP contribution < -0.4 is 15.9 Å². The number of nitriles is 1. The largest absolute Gasteiger partial charge is 0.494 e. The topological polar surface area (TPSA) is 170 Å². The number of ether oxygens (including phenoxy) is 1. The molecule has 0 unspecified atom stereocenters. The van der Waals surface area contributed by atoms with Crippen molar-refractivity contribution in [3.05, 3.63) is 65.4 Å². The van der Waals surface area contributed by atoms with Gasteiger partial charge in [0.05, 0.1) is 24.0 Å². The van der Waals surface area contributed by atoms with Gasteiger partial charge in [0.25, 0.3) is 5.91 Å². The quantitative estimate of drug-likeness (QED) is 0.312. The van der Waals surface area contributed by atoms with Gasteiger partial charge in [-0.1, -0.05) is 29.5 Å². The normalized spacial score (nSPS) is 11.1. The zero-order chi connectivity index (χ0) is 24.1. The molecular formula is C22H19N9O3. The van der Waals surface area contributed by atoms with Crippen LogP contribution in [0.15, 0.2) is 58.3 Å². The summed E-state index contributed by atoms with van der Waals surface area (Å²) in [6.07, 6.45) is 0. The lowest BCUT2D eigenvalue weighted by Crippen LogP contribution is -2.21. The molecule has 12 nitrogen and oxygen atoms in total. The maximum absolute atomic E-state index is 13.1. The van der Waals surface area contributed by atoms with Crippen molar-refractivity contribution in [2.24, 2.45) is 5.10 Å². The number of amides is 1. The summed E-state index contributed by atoms with van der Waals surface area (Å²) < 4.78 is 11.5. The smallest absolute Gasteiger partial charge is 0.294 e. The minimum Gasteiger partial charge on any atom is -0.494 e. The van der Waals surface area contributed by atoms with Crippen molar-refractivity contribution in [2.75, 3.05) is 12.3 Å². The zero-order valence-corrected chi connectivity index (χ0v) is 18.3. The fourth-order valence-corrected chi connectivity index (χ4v) is 3.12. The minimum absolute atomic E-state index is 0.0197. The molecule has 2 heterocycles. The van der Waals surface area contributed by atoms with Crippen molar-refractivity contribution in [3.8, 4) is 28.9 Å². The number of carbonyl (C=O) groups is 1. The average molecular weight is 457 g/mol. The maximum Gasteiger partial charge on any atom is 0.294 e. The first kappa shape index (κ1) is 22.2. The Bertz CT molecular complexity index is 1400. The molecule has 0 radical (unpaired) electrons. The number of nitrogen functional groups attached to an aromatic ring is 1. The van der Waals surface area contributed by atoms with E-state index in [1.165, 1.54) is 4.68 Å². The van der Waals surface area contributed by atoms with E-state index in [9.17, 15) is 4.79 Å². The van der Waals surface area contributed by atoms with Gasteiger partial charge in [-0.3, -0.25) is 4.79 Å². The van der Waals surface area contributed by atoms with E-state index in [1.807, 2.05) is 6.92 Å². The molecule has 0 aliphatic heterocycles. The van der Waals surface area contributed by atoms with Crippen LogP contribution in [0.3, 0.4) is 0 Å². The number of anilines is 1. The molecule has 0 bridgehead atoms. The summed E-state index contributed by atoms with van der Waals surface area (Å²) in [5.74, 6) is 0.0560. The summed E-state index contributed by atoms with van der Waals surface area (Å²) in [5.41, 5.74) is 11.0. The van der Waals surface area contributed by atoms with Crippen molar-refractivity contribution < 1.29 is 14.2 Å². The monoisotopic (exact) mass is 457 g/mol. The lowest BCUT2D eigenvalue weighted by atomic mass is 10.1. The van der Waals surface area contributed by atoms with E-state index in [0.717, 1.165) is 5.56 Å². The van der Waals surface area contributed by atoms with Gasteiger partial charge >= 0.3 is 0 Å². The fourth-order valence-electron chi connectivity index (χ4n) is 3.12. The number of carbonyl (C=O) groups excluding carboxylic acids is 1. The first-order valence-electron chi connectivity index (χ1n) is 10.1. The summed E-state index contributed by atoms with van der Waals surface area (Å²) in [6.45, 7) is 4.07. The maximum atomic E-state index is 13.1. The SMILES string of the molecule is CCOc1cccc(-c2c(C(=O)N/N=C(/C)c3ccc(C#N)cc3)nnn2-c2nonc2N)c1. The number of hydrogen-bond donors (Lipinski definition) is 2. The third kappa shape index (κ3) is 4.44. The van der Waals surface area contributed by atoms with Crippen LogP contribution >= 0.6 is 0 Å². The first-order chi connectivity index (χ1) is 16.5. The van der Waals surface area contributed by atoms with Crippen LogP contribution in [0, 0.1) is 11.3 Å². The van der Waals surface area contributed by atoms with Gasteiger partial charge in [0, 0.05) is 5.56 Å². The molecule has 0 aliphatic rings. The van der Waals surface area contributed by atoms with Gasteiger partial charge in [-0.05, 0) is 54.0 Å². The van der Waals surface area contributed by atoms with Crippen molar-refractivity contribution in [2.45, 2.75) is 13.8 Å². The molecule has 12 heteroatoms. The van der Waals surface area contributed by atoms with Gasteiger partial charge in [-0.2, -0.15) is 15.0 Å². The number of benzene rings is 2. The predicted molar refractivity (Wildman–Crippen MR) is 121 cm³/mol. The Hall–Kier alpha value is -5.05. The Labute approximate surface area is 193 Å². The van der Waals surface area contributed by atoms with E-state index < -0.39 is 5.91 Å². The van der Waals surface area contributed by atoms with Crippen LogP contribution in [0.4, 0.5) is 5.82 Å². The molecule has 0 aliphatic carbocycles. The lowest BCUT2D eigenvalue weighted by molar-refractivity contribution is 0.0950. The van der Waals surface area contributed by atoms with E-state index in [0.29, 0.717) is 34.9 Å². The number of nitrogens with zero attached hydrogens (tertiary/aromatic N) is 7. The molecule has 0 saturated carbocycles. The van der Waals surface area contributed by atoms with Gasteiger partial charge in [-0.15, -0.1) is 5.10 Å². The highest BCUT2D eigenvalue weighted by molar-refractivity contribution is 6.02. The van der Waals surface area contributed by atoms with E-state index in [2.05, 4.69) is 41.9 Å². The highest BCUT2D eigenvalue weighted by atomic mass is 16.6. The molecule has 1 amide bonds. The molecule has 2 aromatic heterocycles. The molecule has 0 atom stereocenters. The number of rotatable bonds is 7. The van der Waals surface area contributed by atoms with Crippen molar-refractivity contribution in [1.29, 1.82) is 5.26 Å². The van der Waals surface area contributed by atoms with E-state index in [4.69, 9.17) is 15.7 Å². The van der Waals surface area contributed by atoms with Gasteiger partial charge in [-0.25, -0.2) is 10.1 Å². The Balaban J connectivity index is 1.70. The van der Waals surface area contributed by atoms with Crippen LogP contribution in [0.5, 0.6) is 5.75 Å². The summed E-state index contributed by atoms with van der Waals surface area (Å²) in [4.78, 5) is 13.1. The molecular weight excluding hydrogens is 438 g/mol. The Morgan fingerprint density at radius 3 is 2.74 bits per heavy atom. The molecule has 4 rings (SSSR count). The molecule has 170 valence electrons. The van der Waals surface area contributed by atoms with E-state index in [-0.39, 0.29) is 17.3 Å². The van der Waals surface area contributed by atoms with Crippen LogP contribution in [0.25, 0.3) is 17.1 Å². The second-order valence-electron chi connectivity index (χ2n) is 6.96. The highest BCUT2D eigenvalue weighted by Gasteiger charge is 2.25. The molecule has 3 N–H and O–H groups in total. The first-order valence-corrected chi connectivity index (χ1v) is 10.1. The zero-order valence-electron chi connectivity index (χ0n) is 18.3. The van der Waals surface area contributed by atoms with Crippen molar-refractivity contribution in [3.63, 3.8) is 0 Å². The third-order valence-corrected chi connectivity index (χ3v) is 4.76. The highest BCUT2D eigenvalue weighted by Crippen LogP contribution is 2.29. The Kier molecular flexibility index (Phi) is 6.26. The van der Waals surface area contributed by atoms with Gasteiger partial charge in [0.2, 0.25) is 11.6 Å². The molecule has 0 saturated heterocycles. The van der Waals surface area contributed by atoms with Crippen molar-refractivity contribution >= 4 is 17.4 Å². The summed E-state index contributed by atoms with van der Waals surface area (Å²) >= 11 is 0. The lowest BCUT2D eigenvalue weighted by Gasteiger charge is -2.08. The second-order valence-corrected chi connectivity index (χ2v) is 6.96. The van der Waals surface area contributed by atoms with Crippen LogP contribution in [-0.2, 0) is 0 Å². The predicted octanol–water partition coefficient (Wildman–Crippen LogP) is 2.32. The molecule has 34 heavy (non-hydrogen) atoms. The number of nitrogens with one attached hydrogen (secondary N) is 1. The molecule has 2 aromatic carbocycles. The summed E-state index contributed by atoms with van der Waals surface area (Å²) in [7, 11) is 0. The van der Waals surface area contributed by atoms with Crippen molar-refractivity contribution in [1.82, 2.24) is 30.7 Å².